The molecular formula is C22H20BrN3OS. The van der Waals surface area contributed by atoms with Crippen molar-refractivity contribution in [2.24, 2.45) is 5.73 Å². The van der Waals surface area contributed by atoms with Gasteiger partial charge in [-0.3, -0.25) is 9.69 Å². The van der Waals surface area contributed by atoms with Gasteiger partial charge in [0.05, 0.1) is 23.2 Å². The number of hydrogen-bond acceptors (Lipinski definition) is 5. The maximum Gasteiger partial charge on any atom is 0.161 e. The topological polar surface area (TPSA) is 70.1 Å². The Morgan fingerprint density at radius 3 is 2.68 bits per heavy atom. The number of rotatable bonds is 2. The lowest BCUT2D eigenvalue weighted by atomic mass is 9.78. The van der Waals surface area contributed by atoms with Crippen molar-refractivity contribution >= 4 is 38.7 Å². The molecule has 0 bridgehead atoms. The Labute approximate surface area is 177 Å². The van der Waals surface area contributed by atoms with Crippen LogP contribution in [0.3, 0.4) is 0 Å². The van der Waals surface area contributed by atoms with Gasteiger partial charge in [-0.15, -0.1) is 11.3 Å². The van der Waals surface area contributed by atoms with Crippen molar-refractivity contribution < 1.29 is 4.79 Å². The van der Waals surface area contributed by atoms with Crippen LogP contribution in [0.15, 0.2) is 57.5 Å². The van der Waals surface area contributed by atoms with Crippen LogP contribution in [0.1, 0.15) is 40.5 Å². The van der Waals surface area contributed by atoms with E-state index in [0.29, 0.717) is 17.8 Å². The molecule has 1 aromatic heterocycles. The number of para-hydroxylation sites is 1. The highest BCUT2D eigenvalue weighted by atomic mass is 79.9. The fraction of sp³-hybridized carbons (Fsp3) is 0.273. The Balaban J connectivity index is 2.00. The third-order valence-corrected chi connectivity index (χ3v) is 7.63. The minimum atomic E-state index is -0.386. The lowest BCUT2D eigenvalue weighted by Crippen LogP contribution is -2.38. The van der Waals surface area contributed by atoms with Crippen LogP contribution >= 0.6 is 27.3 Å². The summed E-state index contributed by atoms with van der Waals surface area (Å²) in [7, 11) is 0. The van der Waals surface area contributed by atoms with E-state index in [4.69, 9.17) is 5.73 Å². The van der Waals surface area contributed by atoms with Crippen LogP contribution in [0.2, 0.25) is 0 Å². The normalized spacial score (nSPS) is 19.7. The lowest BCUT2D eigenvalue weighted by Gasteiger charge is -2.39. The largest absolute Gasteiger partial charge is 0.384 e. The van der Waals surface area contributed by atoms with Gasteiger partial charge >= 0.3 is 0 Å². The number of nitrogens with zero attached hydrogens (tertiary/aromatic N) is 2. The number of thiophene rings is 1. The minimum absolute atomic E-state index is 0.118. The van der Waals surface area contributed by atoms with E-state index in [0.717, 1.165) is 49.6 Å². The van der Waals surface area contributed by atoms with E-state index >= 15 is 0 Å². The zero-order chi connectivity index (χ0) is 20.0. The number of nitriles is 1. The van der Waals surface area contributed by atoms with Crippen molar-refractivity contribution in [3.63, 3.8) is 0 Å². The second kappa shape index (κ2) is 7.23. The quantitative estimate of drug-likeness (QED) is 0.657. The Bertz CT molecular complexity index is 1070. The SMILES string of the molecule is Cc1ccccc1N1C(N)=C(C#N)C(c2cc(Br)c(C)s2)C2=C1CCCC2=O. The van der Waals surface area contributed by atoms with E-state index in [9.17, 15) is 10.1 Å². The number of halogens is 1. The fourth-order valence-electron chi connectivity index (χ4n) is 4.08. The van der Waals surface area contributed by atoms with Crippen LogP contribution in [0, 0.1) is 25.2 Å². The summed E-state index contributed by atoms with van der Waals surface area (Å²) in [5.41, 5.74) is 10.7. The summed E-state index contributed by atoms with van der Waals surface area (Å²) in [5, 5.41) is 10.0. The smallest absolute Gasteiger partial charge is 0.161 e. The molecule has 0 saturated carbocycles. The van der Waals surface area contributed by atoms with Crippen LogP contribution in [0.4, 0.5) is 5.69 Å². The maximum absolute atomic E-state index is 13.1. The zero-order valence-corrected chi connectivity index (χ0v) is 18.2. The Morgan fingerprint density at radius 1 is 1.29 bits per heavy atom. The van der Waals surface area contributed by atoms with Gasteiger partial charge < -0.3 is 5.73 Å². The van der Waals surface area contributed by atoms with Crippen LogP contribution in [-0.4, -0.2) is 5.78 Å². The first-order valence-electron chi connectivity index (χ1n) is 9.21. The van der Waals surface area contributed by atoms with Crippen molar-refractivity contribution in [1.82, 2.24) is 0 Å². The number of carbonyl (C=O) groups excluding carboxylic acids is 1. The number of anilines is 1. The van der Waals surface area contributed by atoms with Gasteiger partial charge in [0.25, 0.3) is 0 Å². The molecule has 2 heterocycles. The predicted molar refractivity (Wildman–Crippen MR) is 116 cm³/mol. The molecule has 2 aromatic rings. The molecule has 1 aromatic carbocycles. The number of aryl methyl sites for hydroxylation is 2. The first-order valence-corrected chi connectivity index (χ1v) is 10.8. The van der Waals surface area contributed by atoms with Gasteiger partial charge in [0.1, 0.15) is 5.82 Å². The van der Waals surface area contributed by atoms with Gasteiger partial charge in [-0.25, -0.2) is 0 Å². The van der Waals surface area contributed by atoms with Crippen LogP contribution in [-0.2, 0) is 4.79 Å². The molecule has 1 aliphatic heterocycles. The van der Waals surface area contributed by atoms with E-state index in [2.05, 4.69) is 22.0 Å². The Kier molecular flexibility index (Phi) is 4.90. The molecule has 0 saturated heterocycles. The highest BCUT2D eigenvalue weighted by molar-refractivity contribution is 9.10. The summed E-state index contributed by atoms with van der Waals surface area (Å²) < 4.78 is 0.995. The molecule has 142 valence electrons. The number of hydrogen-bond donors (Lipinski definition) is 1. The predicted octanol–water partition coefficient (Wildman–Crippen LogP) is 5.43. The molecule has 1 unspecified atom stereocenters. The number of allylic oxidation sites excluding steroid dienone is 3. The standard InChI is InChI=1S/C22H20BrN3OS/c1-12-6-3-4-7-16(12)26-17-8-5-9-18(27)21(17)20(14(11-24)22(26)25)19-10-15(23)13(2)28-19/h3-4,6-7,10,20H,5,8-9,25H2,1-2H3. The van der Waals surface area contributed by atoms with Crippen molar-refractivity contribution in [2.75, 3.05) is 4.90 Å². The van der Waals surface area contributed by atoms with Crippen molar-refractivity contribution in [3.8, 4) is 6.07 Å². The molecule has 4 nitrogen and oxygen atoms in total. The first kappa shape index (κ1) is 19.0. The highest BCUT2D eigenvalue weighted by Crippen LogP contribution is 2.48. The summed E-state index contributed by atoms with van der Waals surface area (Å²) in [6.45, 7) is 4.04. The van der Waals surface area contributed by atoms with Crippen molar-refractivity contribution in [2.45, 2.75) is 39.0 Å². The third-order valence-electron chi connectivity index (χ3n) is 5.43. The zero-order valence-electron chi connectivity index (χ0n) is 15.8. The van der Waals surface area contributed by atoms with E-state index in [1.807, 2.05) is 49.1 Å². The summed E-state index contributed by atoms with van der Waals surface area (Å²) in [6.07, 6.45) is 2.09. The molecule has 6 heteroatoms. The Hall–Kier alpha value is -2.36. The van der Waals surface area contributed by atoms with Gasteiger partial charge in [0.15, 0.2) is 5.78 Å². The molecule has 0 amide bonds. The number of ketones is 1. The van der Waals surface area contributed by atoms with Crippen molar-refractivity contribution in [1.29, 1.82) is 5.26 Å². The summed E-state index contributed by atoms with van der Waals surface area (Å²) >= 11 is 5.18. The number of carbonyl (C=O) groups is 1. The second-order valence-electron chi connectivity index (χ2n) is 7.16. The molecule has 2 aliphatic rings. The molecule has 0 spiro atoms. The second-order valence-corrected chi connectivity index (χ2v) is 9.30. The van der Waals surface area contributed by atoms with Crippen molar-refractivity contribution in [3.05, 3.63) is 72.8 Å². The Morgan fingerprint density at radius 2 is 2.04 bits per heavy atom. The molecule has 1 atom stereocenters. The van der Waals surface area contributed by atoms with Crippen LogP contribution < -0.4 is 10.6 Å². The number of benzene rings is 1. The number of Topliss-reactive ketones (excluding diaryl/α,β-unsaturated/α-hetero) is 1. The van der Waals surface area contributed by atoms with Gasteiger partial charge in [-0.1, -0.05) is 18.2 Å². The summed E-state index contributed by atoms with van der Waals surface area (Å²) in [4.78, 5) is 17.1. The monoisotopic (exact) mass is 453 g/mol. The molecule has 2 N–H and O–H groups in total. The van der Waals surface area contributed by atoms with Crippen LogP contribution in [0.25, 0.3) is 0 Å². The molecule has 28 heavy (non-hydrogen) atoms. The lowest BCUT2D eigenvalue weighted by molar-refractivity contribution is -0.116. The first-order chi connectivity index (χ1) is 13.4. The summed E-state index contributed by atoms with van der Waals surface area (Å²) in [6, 6.07) is 12.3. The average molecular weight is 454 g/mol. The minimum Gasteiger partial charge on any atom is -0.384 e. The average Bonchev–Trinajstić information content (AvgIpc) is 3.00. The van der Waals surface area contributed by atoms with Gasteiger partial charge in [-0.2, -0.15) is 5.26 Å². The van der Waals surface area contributed by atoms with E-state index in [1.165, 1.54) is 0 Å². The van der Waals surface area contributed by atoms with E-state index < -0.39 is 0 Å². The molecule has 4 rings (SSSR count). The summed E-state index contributed by atoms with van der Waals surface area (Å²) in [5.74, 6) is 0.160. The fourth-order valence-corrected chi connectivity index (χ4v) is 5.77. The van der Waals surface area contributed by atoms with Crippen LogP contribution in [0.5, 0.6) is 0 Å². The maximum atomic E-state index is 13.1. The highest BCUT2D eigenvalue weighted by Gasteiger charge is 2.41. The van der Waals surface area contributed by atoms with Gasteiger partial charge in [-0.05, 0) is 60.3 Å². The van der Waals surface area contributed by atoms with E-state index in [1.54, 1.807) is 11.3 Å². The van der Waals surface area contributed by atoms with Gasteiger partial charge in [0, 0.05) is 31.9 Å². The van der Waals surface area contributed by atoms with E-state index in [-0.39, 0.29) is 11.7 Å². The molecule has 1 aliphatic carbocycles. The third kappa shape index (κ3) is 2.90. The van der Waals surface area contributed by atoms with Gasteiger partial charge in [0.2, 0.25) is 0 Å². The number of nitrogens with two attached hydrogens (primary N) is 1. The molecule has 0 fully saturated rings. The molecular weight excluding hydrogens is 434 g/mol. The molecule has 0 radical (unpaired) electrons.